The summed E-state index contributed by atoms with van der Waals surface area (Å²) in [6.07, 6.45) is 13.8. The molecule has 2 aliphatic heterocycles. The molecule has 16 heavy (non-hydrogen) atoms. The zero-order chi connectivity index (χ0) is 10.8. The molecule has 0 radical (unpaired) electrons. The Bertz CT molecular complexity index is 390. The third kappa shape index (κ3) is 1.74. The maximum absolute atomic E-state index is 5.86. The van der Waals surface area contributed by atoms with Crippen LogP contribution in [0.4, 0.5) is 0 Å². The molecule has 2 nitrogen and oxygen atoms in total. The second-order valence-electron chi connectivity index (χ2n) is 4.58. The molecule has 0 bridgehead atoms. The van der Waals surface area contributed by atoms with Crippen LogP contribution >= 0.6 is 0 Å². The maximum Gasteiger partial charge on any atom is 0.122 e. The Morgan fingerprint density at radius 3 is 2.88 bits per heavy atom. The first-order valence-corrected chi connectivity index (χ1v) is 6.04. The first kappa shape index (κ1) is 9.91. The predicted octanol–water partition coefficient (Wildman–Crippen LogP) is 2.18. The standard InChI is InChI=1S/C14H17NO/c1-2-4-6-14-12(5-3-1)13-10-15-9-11(13)7-8-16-14/h1-6,11,13,15H,7-10H2. The number of fused-ring (bicyclic) bond motifs is 3. The Balaban J connectivity index is 1.99. The smallest absolute Gasteiger partial charge is 0.122 e. The fourth-order valence-electron chi connectivity index (χ4n) is 2.77. The van der Waals surface area contributed by atoms with Gasteiger partial charge in [-0.2, -0.15) is 0 Å². The Morgan fingerprint density at radius 1 is 1.06 bits per heavy atom. The average molecular weight is 215 g/mol. The number of hydrogen-bond acceptors (Lipinski definition) is 2. The summed E-state index contributed by atoms with van der Waals surface area (Å²) < 4.78 is 5.86. The molecule has 2 saturated heterocycles. The summed E-state index contributed by atoms with van der Waals surface area (Å²) in [6, 6.07) is 0. The largest absolute Gasteiger partial charge is 0.493 e. The predicted molar refractivity (Wildman–Crippen MR) is 64.9 cm³/mol. The van der Waals surface area contributed by atoms with Gasteiger partial charge in [-0.1, -0.05) is 30.4 Å². The van der Waals surface area contributed by atoms with E-state index in [0.717, 1.165) is 31.4 Å². The highest BCUT2D eigenvalue weighted by Crippen LogP contribution is 2.35. The van der Waals surface area contributed by atoms with Gasteiger partial charge in [0.25, 0.3) is 0 Å². The normalized spacial score (nSPS) is 32.5. The van der Waals surface area contributed by atoms with Crippen LogP contribution in [0.2, 0.25) is 0 Å². The van der Waals surface area contributed by atoms with E-state index in [-0.39, 0.29) is 0 Å². The molecule has 3 aliphatic rings. The highest BCUT2D eigenvalue weighted by Gasteiger charge is 2.33. The van der Waals surface area contributed by atoms with Gasteiger partial charge < -0.3 is 10.1 Å². The molecule has 2 unspecified atom stereocenters. The number of rotatable bonds is 0. The number of allylic oxidation sites excluding steroid dienone is 7. The van der Waals surface area contributed by atoms with Crippen molar-refractivity contribution in [3.05, 3.63) is 47.8 Å². The Morgan fingerprint density at radius 2 is 1.94 bits per heavy atom. The van der Waals surface area contributed by atoms with E-state index in [4.69, 9.17) is 4.74 Å². The van der Waals surface area contributed by atoms with Gasteiger partial charge in [0.2, 0.25) is 0 Å². The monoisotopic (exact) mass is 215 g/mol. The SMILES string of the molecule is C1=CC=C2OCCC3CNCC3C2=CC=C1. The third-order valence-corrected chi connectivity index (χ3v) is 3.63. The van der Waals surface area contributed by atoms with Gasteiger partial charge in [-0.05, 0) is 30.5 Å². The van der Waals surface area contributed by atoms with Crippen LogP contribution in [0.3, 0.4) is 0 Å². The van der Waals surface area contributed by atoms with Gasteiger partial charge in [-0.3, -0.25) is 0 Å². The molecule has 2 atom stereocenters. The van der Waals surface area contributed by atoms with Crippen molar-refractivity contribution in [1.29, 1.82) is 0 Å². The second kappa shape index (κ2) is 4.30. The number of nitrogens with one attached hydrogen (secondary N) is 1. The van der Waals surface area contributed by atoms with Gasteiger partial charge in [0.1, 0.15) is 5.76 Å². The molecule has 2 fully saturated rings. The van der Waals surface area contributed by atoms with E-state index in [0.29, 0.717) is 5.92 Å². The Hall–Kier alpha value is -1.28. The van der Waals surface area contributed by atoms with E-state index < -0.39 is 0 Å². The third-order valence-electron chi connectivity index (χ3n) is 3.63. The molecule has 1 aliphatic carbocycles. The Labute approximate surface area is 96.4 Å². The first-order chi connectivity index (χ1) is 7.95. The van der Waals surface area contributed by atoms with Gasteiger partial charge in [0.15, 0.2) is 0 Å². The quantitative estimate of drug-likeness (QED) is 0.668. The molecule has 3 rings (SSSR count). The molecule has 84 valence electrons. The van der Waals surface area contributed by atoms with Gasteiger partial charge in [0.05, 0.1) is 6.61 Å². The molecular weight excluding hydrogens is 198 g/mol. The van der Waals surface area contributed by atoms with Crippen LogP contribution in [0.15, 0.2) is 47.8 Å². The van der Waals surface area contributed by atoms with E-state index in [1.165, 1.54) is 12.0 Å². The van der Waals surface area contributed by atoms with Crippen LogP contribution in [-0.4, -0.2) is 19.7 Å². The van der Waals surface area contributed by atoms with Crippen molar-refractivity contribution < 1.29 is 4.74 Å². The van der Waals surface area contributed by atoms with E-state index in [1.54, 1.807) is 0 Å². The van der Waals surface area contributed by atoms with Crippen molar-refractivity contribution in [3.63, 3.8) is 0 Å². The highest BCUT2D eigenvalue weighted by atomic mass is 16.5. The number of ether oxygens (including phenoxy) is 1. The minimum atomic E-state index is 0.630. The van der Waals surface area contributed by atoms with Gasteiger partial charge in [-0.15, -0.1) is 0 Å². The van der Waals surface area contributed by atoms with Gasteiger partial charge in [0, 0.05) is 12.5 Å². The molecular formula is C14H17NO. The van der Waals surface area contributed by atoms with Crippen LogP contribution in [0.25, 0.3) is 0 Å². The van der Waals surface area contributed by atoms with Crippen LogP contribution in [0.1, 0.15) is 6.42 Å². The minimum absolute atomic E-state index is 0.630. The van der Waals surface area contributed by atoms with Crippen molar-refractivity contribution >= 4 is 0 Å². The molecule has 0 aromatic carbocycles. The van der Waals surface area contributed by atoms with E-state index in [9.17, 15) is 0 Å². The zero-order valence-electron chi connectivity index (χ0n) is 9.36. The lowest BCUT2D eigenvalue weighted by atomic mass is 9.86. The molecule has 0 aromatic heterocycles. The summed E-state index contributed by atoms with van der Waals surface area (Å²) in [4.78, 5) is 0. The fourth-order valence-corrected chi connectivity index (χ4v) is 2.77. The summed E-state index contributed by atoms with van der Waals surface area (Å²) >= 11 is 0. The van der Waals surface area contributed by atoms with Crippen molar-refractivity contribution in [3.8, 4) is 0 Å². The number of hydrogen-bond donors (Lipinski definition) is 1. The van der Waals surface area contributed by atoms with Crippen LogP contribution in [0.5, 0.6) is 0 Å². The summed E-state index contributed by atoms with van der Waals surface area (Å²) in [5, 5.41) is 3.50. The van der Waals surface area contributed by atoms with Crippen LogP contribution in [-0.2, 0) is 4.74 Å². The van der Waals surface area contributed by atoms with Crippen molar-refractivity contribution in [2.75, 3.05) is 19.7 Å². The lowest BCUT2D eigenvalue weighted by molar-refractivity contribution is 0.215. The molecule has 2 heteroatoms. The summed E-state index contributed by atoms with van der Waals surface area (Å²) in [5.41, 5.74) is 1.37. The summed E-state index contributed by atoms with van der Waals surface area (Å²) in [6.45, 7) is 3.08. The van der Waals surface area contributed by atoms with E-state index >= 15 is 0 Å². The van der Waals surface area contributed by atoms with Gasteiger partial charge in [-0.25, -0.2) is 0 Å². The van der Waals surface area contributed by atoms with Crippen molar-refractivity contribution in [2.24, 2.45) is 11.8 Å². The summed E-state index contributed by atoms with van der Waals surface area (Å²) in [5.74, 6) is 2.44. The molecule has 0 aromatic rings. The van der Waals surface area contributed by atoms with Crippen molar-refractivity contribution in [1.82, 2.24) is 5.32 Å². The van der Waals surface area contributed by atoms with Crippen LogP contribution in [0, 0.1) is 11.8 Å². The first-order valence-electron chi connectivity index (χ1n) is 6.04. The van der Waals surface area contributed by atoms with E-state index in [2.05, 4.69) is 35.7 Å². The zero-order valence-corrected chi connectivity index (χ0v) is 9.36. The second-order valence-corrected chi connectivity index (χ2v) is 4.58. The molecule has 0 spiro atoms. The Kier molecular flexibility index (Phi) is 2.66. The lowest BCUT2D eigenvalue weighted by Crippen LogP contribution is -2.14. The minimum Gasteiger partial charge on any atom is -0.493 e. The molecule has 0 saturated carbocycles. The van der Waals surface area contributed by atoms with Crippen LogP contribution < -0.4 is 5.32 Å². The van der Waals surface area contributed by atoms with Gasteiger partial charge >= 0.3 is 0 Å². The van der Waals surface area contributed by atoms with E-state index in [1.807, 2.05) is 6.08 Å². The maximum atomic E-state index is 5.86. The molecule has 1 N–H and O–H groups in total. The topological polar surface area (TPSA) is 21.3 Å². The fraction of sp³-hybridized carbons (Fsp3) is 0.429. The van der Waals surface area contributed by atoms with Crippen molar-refractivity contribution in [2.45, 2.75) is 6.42 Å². The lowest BCUT2D eigenvalue weighted by Gasteiger charge is -2.17. The highest BCUT2D eigenvalue weighted by molar-refractivity contribution is 5.38. The molecule has 2 heterocycles. The average Bonchev–Trinajstić information content (AvgIpc) is 2.64. The summed E-state index contributed by atoms with van der Waals surface area (Å²) in [7, 11) is 0. The molecule has 0 amide bonds.